The minimum atomic E-state index is -0.313. The van der Waals surface area contributed by atoms with Gasteiger partial charge in [-0.15, -0.1) is 0 Å². The van der Waals surface area contributed by atoms with Crippen molar-refractivity contribution < 1.29 is 14.3 Å². The Morgan fingerprint density at radius 1 is 1.12 bits per heavy atom. The molecule has 2 amide bonds. The molecule has 6 heteroatoms. The number of hydrogen-bond donors (Lipinski definition) is 1. The van der Waals surface area contributed by atoms with Crippen LogP contribution in [0, 0.1) is 0 Å². The number of nitrogens with zero attached hydrogens (tertiary/aromatic N) is 2. The van der Waals surface area contributed by atoms with Gasteiger partial charge >= 0.3 is 0 Å². The van der Waals surface area contributed by atoms with E-state index in [4.69, 9.17) is 4.74 Å². The summed E-state index contributed by atoms with van der Waals surface area (Å²) in [4.78, 5) is 30.6. The van der Waals surface area contributed by atoms with Crippen LogP contribution < -0.4 is 10.1 Å². The lowest BCUT2D eigenvalue weighted by molar-refractivity contribution is 0.0787. The highest BCUT2D eigenvalue weighted by atomic mass is 16.5. The van der Waals surface area contributed by atoms with Crippen LogP contribution in [-0.4, -0.2) is 42.4 Å². The molecule has 0 radical (unpaired) electrons. The Morgan fingerprint density at radius 2 is 1.81 bits per heavy atom. The first-order chi connectivity index (χ1) is 12.5. The molecule has 0 unspecified atom stereocenters. The van der Waals surface area contributed by atoms with Gasteiger partial charge < -0.3 is 15.0 Å². The molecule has 0 saturated carbocycles. The number of nitrogens with one attached hydrogen (secondary N) is 1. The third-order valence-corrected chi connectivity index (χ3v) is 4.01. The largest absolute Gasteiger partial charge is 0.497 e. The topological polar surface area (TPSA) is 71.5 Å². The summed E-state index contributed by atoms with van der Waals surface area (Å²) in [5.74, 6) is 0.273. The van der Waals surface area contributed by atoms with E-state index in [0.29, 0.717) is 13.1 Å². The summed E-state index contributed by atoms with van der Waals surface area (Å²) in [6.45, 7) is 3.12. The van der Waals surface area contributed by atoms with E-state index in [-0.39, 0.29) is 23.2 Å². The smallest absolute Gasteiger partial charge is 0.272 e. The zero-order chi connectivity index (χ0) is 18.9. The molecule has 0 fully saturated rings. The van der Waals surface area contributed by atoms with Crippen LogP contribution in [0.1, 0.15) is 46.3 Å². The first kappa shape index (κ1) is 19.4. The summed E-state index contributed by atoms with van der Waals surface area (Å²) in [6.07, 6.45) is 1.95. The van der Waals surface area contributed by atoms with Crippen molar-refractivity contribution >= 4 is 11.8 Å². The maximum absolute atomic E-state index is 12.4. The van der Waals surface area contributed by atoms with E-state index in [1.54, 1.807) is 37.3 Å². The molecule has 1 aromatic carbocycles. The van der Waals surface area contributed by atoms with Crippen LogP contribution in [0.4, 0.5) is 0 Å². The quantitative estimate of drug-likeness (QED) is 0.790. The van der Waals surface area contributed by atoms with Gasteiger partial charge in [-0.2, -0.15) is 0 Å². The zero-order valence-corrected chi connectivity index (χ0v) is 15.5. The summed E-state index contributed by atoms with van der Waals surface area (Å²) in [5, 5.41) is 2.82. The maximum atomic E-state index is 12.4. The summed E-state index contributed by atoms with van der Waals surface area (Å²) < 4.78 is 5.11. The zero-order valence-electron chi connectivity index (χ0n) is 15.5. The molecule has 1 heterocycles. The van der Waals surface area contributed by atoms with Gasteiger partial charge in [-0.1, -0.05) is 31.5 Å². The van der Waals surface area contributed by atoms with Gasteiger partial charge in [-0.3, -0.25) is 9.59 Å². The summed E-state index contributed by atoms with van der Waals surface area (Å²) >= 11 is 0. The van der Waals surface area contributed by atoms with Gasteiger partial charge in [0, 0.05) is 20.1 Å². The average Bonchev–Trinajstić information content (AvgIpc) is 2.70. The number of carbonyl (C=O) groups is 2. The first-order valence-electron chi connectivity index (χ1n) is 8.68. The maximum Gasteiger partial charge on any atom is 0.272 e. The van der Waals surface area contributed by atoms with E-state index in [0.717, 1.165) is 24.2 Å². The molecule has 26 heavy (non-hydrogen) atoms. The minimum Gasteiger partial charge on any atom is -0.497 e. The van der Waals surface area contributed by atoms with Crippen LogP contribution in [0.5, 0.6) is 5.75 Å². The number of pyridine rings is 1. The summed E-state index contributed by atoms with van der Waals surface area (Å²) in [7, 11) is 3.35. The van der Waals surface area contributed by atoms with E-state index >= 15 is 0 Å². The fraction of sp³-hybridized carbons (Fsp3) is 0.350. The van der Waals surface area contributed by atoms with Crippen LogP contribution in [0.25, 0.3) is 0 Å². The predicted molar refractivity (Wildman–Crippen MR) is 100 cm³/mol. The Morgan fingerprint density at radius 3 is 2.46 bits per heavy atom. The Hall–Kier alpha value is -2.89. The number of unbranched alkanes of at least 4 members (excludes halogenated alkanes) is 1. The highest BCUT2D eigenvalue weighted by Crippen LogP contribution is 2.11. The fourth-order valence-electron chi connectivity index (χ4n) is 2.39. The molecule has 0 bridgehead atoms. The van der Waals surface area contributed by atoms with Crippen LogP contribution in [0.3, 0.4) is 0 Å². The number of benzene rings is 1. The van der Waals surface area contributed by atoms with Gasteiger partial charge in [0.2, 0.25) is 0 Å². The van der Waals surface area contributed by atoms with Gasteiger partial charge in [0.1, 0.15) is 17.1 Å². The standard InChI is InChI=1S/C20H25N3O3/c1-4-5-13-23(2)20(25)18-8-6-7-17(22-18)19(24)21-14-15-9-11-16(26-3)12-10-15/h6-12H,4-5,13-14H2,1-3H3,(H,21,24). The second kappa shape index (κ2) is 9.56. The highest BCUT2D eigenvalue weighted by Gasteiger charge is 2.15. The van der Waals surface area contributed by atoms with Crippen molar-refractivity contribution in [1.82, 2.24) is 15.2 Å². The third-order valence-electron chi connectivity index (χ3n) is 4.01. The van der Waals surface area contributed by atoms with Crippen molar-refractivity contribution in [1.29, 1.82) is 0 Å². The average molecular weight is 355 g/mol. The molecule has 0 atom stereocenters. The van der Waals surface area contributed by atoms with Gasteiger partial charge in [0.15, 0.2) is 0 Å². The van der Waals surface area contributed by atoms with Crippen molar-refractivity contribution in [3.05, 3.63) is 59.4 Å². The molecule has 0 saturated heterocycles. The highest BCUT2D eigenvalue weighted by molar-refractivity contribution is 5.96. The molecule has 138 valence electrons. The molecular formula is C20H25N3O3. The second-order valence-electron chi connectivity index (χ2n) is 6.02. The second-order valence-corrected chi connectivity index (χ2v) is 6.02. The van der Waals surface area contributed by atoms with Gasteiger partial charge in [-0.25, -0.2) is 4.98 Å². The van der Waals surface area contributed by atoms with Crippen molar-refractivity contribution in [2.75, 3.05) is 20.7 Å². The number of ether oxygens (including phenoxy) is 1. The molecule has 0 aliphatic rings. The van der Waals surface area contributed by atoms with E-state index < -0.39 is 0 Å². The fourth-order valence-corrected chi connectivity index (χ4v) is 2.39. The Balaban J connectivity index is 1.99. The number of carbonyl (C=O) groups excluding carboxylic acids is 2. The molecule has 0 aliphatic carbocycles. The van der Waals surface area contributed by atoms with Crippen molar-refractivity contribution in [2.45, 2.75) is 26.3 Å². The number of amides is 2. The predicted octanol–water partition coefficient (Wildman–Crippen LogP) is 2.89. The summed E-state index contributed by atoms with van der Waals surface area (Å²) in [5.41, 5.74) is 1.46. The normalized spacial score (nSPS) is 10.3. The van der Waals surface area contributed by atoms with Gasteiger partial charge in [-0.05, 0) is 36.2 Å². The number of methoxy groups -OCH3 is 1. The van der Waals surface area contributed by atoms with Crippen LogP contribution in [0.2, 0.25) is 0 Å². The minimum absolute atomic E-state index is 0.178. The lowest BCUT2D eigenvalue weighted by Gasteiger charge is -2.16. The first-order valence-corrected chi connectivity index (χ1v) is 8.68. The molecule has 2 rings (SSSR count). The van der Waals surface area contributed by atoms with E-state index in [9.17, 15) is 9.59 Å². The van der Waals surface area contributed by atoms with Gasteiger partial charge in [0.25, 0.3) is 11.8 Å². The third kappa shape index (κ3) is 5.31. The molecule has 6 nitrogen and oxygen atoms in total. The van der Waals surface area contributed by atoms with Crippen LogP contribution >= 0.6 is 0 Å². The van der Waals surface area contributed by atoms with E-state index in [1.165, 1.54) is 0 Å². The Kier molecular flexibility index (Phi) is 7.14. The van der Waals surface area contributed by atoms with Gasteiger partial charge in [0.05, 0.1) is 7.11 Å². The Bertz CT molecular complexity index is 744. The summed E-state index contributed by atoms with van der Waals surface area (Å²) in [6, 6.07) is 12.4. The van der Waals surface area contributed by atoms with Crippen molar-refractivity contribution in [3.63, 3.8) is 0 Å². The van der Waals surface area contributed by atoms with E-state index in [2.05, 4.69) is 17.2 Å². The monoisotopic (exact) mass is 355 g/mol. The van der Waals surface area contributed by atoms with E-state index in [1.807, 2.05) is 24.3 Å². The lowest BCUT2D eigenvalue weighted by atomic mass is 10.2. The molecular weight excluding hydrogens is 330 g/mol. The van der Waals surface area contributed by atoms with Crippen LogP contribution in [-0.2, 0) is 6.54 Å². The molecule has 1 N–H and O–H groups in total. The SMILES string of the molecule is CCCCN(C)C(=O)c1cccc(C(=O)NCc2ccc(OC)cc2)n1. The molecule has 1 aromatic heterocycles. The number of hydrogen-bond acceptors (Lipinski definition) is 4. The molecule has 0 aliphatic heterocycles. The van der Waals surface area contributed by atoms with Crippen LogP contribution in [0.15, 0.2) is 42.5 Å². The van der Waals surface area contributed by atoms with Crippen molar-refractivity contribution in [2.24, 2.45) is 0 Å². The lowest BCUT2D eigenvalue weighted by Crippen LogP contribution is -2.30. The van der Waals surface area contributed by atoms with Crippen molar-refractivity contribution in [3.8, 4) is 5.75 Å². The molecule has 2 aromatic rings. The number of rotatable bonds is 8. The Labute approximate surface area is 154 Å². The number of aromatic nitrogens is 1. The molecule has 0 spiro atoms.